The maximum absolute atomic E-state index is 12.9. The molecule has 3 aromatic heterocycles. The van der Waals surface area contributed by atoms with Crippen molar-refractivity contribution in [2.24, 2.45) is 5.92 Å². The molecule has 0 spiro atoms. The molecule has 3 heterocycles. The molecule has 4 aromatic rings. The van der Waals surface area contributed by atoms with Gasteiger partial charge in [-0.1, -0.05) is 31.7 Å². The summed E-state index contributed by atoms with van der Waals surface area (Å²) in [4.78, 5) is 13.0. The van der Waals surface area contributed by atoms with Crippen LogP contribution < -0.4 is 4.72 Å². The second kappa shape index (κ2) is 9.37. The maximum Gasteiger partial charge on any atom is 0.242 e. The normalized spacial score (nSPS) is 14.7. The third-order valence-corrected chi connectivity index (χ3v) is 7.84. The Bertz CT molecular complexity index is 1370. The standard InChI is InChI=1S/C26H26N4O2S/c31-33(32,30-14-7-19-3-1-2-4-19)23-15-22(17-28-18-23)21-5-6-26-25(16-21)24(10-13-29-26)20-8-11-27-12-9-20/h5-6,8-13,15-19,30H,1-4,7,14H2. The number of hydrogen-bond acceptors (Lipinski definition) is 5. The Morgan fingerprint density at radius 3 is 2.48 bits per heavy atom. The van der Waals surface area contributed by atoms with Gasteiger partial charge in [0.05, 0.1) is 5.52 Å². The highest BCUT2D eigenvalue weighted by atomic mass is 32.2. The average Bonchev–Trinajstić information content (AvgIpc) is 3.37. The van der Waals surface area contributed by atoms with E-state index in [4.69, 9.17) is 0 Å². The molecule has 7 heteroatoms. The van der Waals surface area contributed by atoms with Gasteiger partial charge in [0.15, 0.2) is 0 Å². The van der Waals surface area contributed by atoms with Gasteiger partial charge < -0.3 is 0 Å². The second-order valence-corrected chi connectivity index (χ2v) is 10.3. The van der Waals surface area contributed by atoms with Gasteiger partial charge in [-0.25, -0.2) is 13.1 Å². The molecule has 0 unspecified atom stereocenters. The van der Waals surface area contributed by atoms with Crippen molar-refractivity contribution >= 4 is 20.9 Å². The van der Waals surface area contributed by atoms with Gasteiger partial charge in [0.25, 0.3) is 0 Å². The first-order valence-electron chi connectivity index (χ1n) is 11.3. The largest absolute Gasteiger partial charge is 0.265 e. The third-order valence-electron chi connectivity index (χ3n) is 6.41. The number of nitrogens with zero attached hydrogens (tertiary/aromatic N) is 3. The number of aromatic nitrogens is 3. The van der Waals surface area contributed by atoms with Crippen LogP contribution in [0.25, 0.3) is 33.2 Å². The van der Waals surface area contributed by atoms with Crippen LogP contribution >= 0.6 is 0 Å². The van der Waals surface area contributed by atoms with Crippen LogP contribution in [0.3, 0.4) is 0 Å². The first-order valence-corrected chi connectivity index (χ1v) is 12.8. The molecule has 1 N–H and O–H groups in total. The predicted molar refractivity (Wildman–Crippen MR) is 130 cm³/mol. The first-order chi connectivity index (χ1) is 16.1. The second-order valence-electron chi connectivity index (χ2n) is 8.57. The summed E-state index contributed by atoms with van der Waals surface area (Å²) in [5, 5.41) is 0.990. The molecule has 1 aliphatic carbocycles. The van der Waals surface area contributed by atoms with E-state index in [0.29, 0.717) is 12.5 Å². The van der Waals surface area contributed by atoms with Crippen LogP contribution in [0.4, 0.5) is 0 Å². The van der Waals surface area contributed by atoms with Crippen molar-refractivity contribution < 1.29 is 8.42 Å². The van der Waals surface area contributed by atoms with E-state index < -0.39 is 10.0 Å². The van der Waals surface area contributed by atoms with Crippen molar-refractivity contribution in [3.63, 3.8) is 0 Å². The van der Waals surface area contributed by atoms with Crippen molar-refractivity contribution in [2.75, 3.05) is 6.54 Å². The number of benzene rings is 1. The Labute approximate surface area is 194 Å². The van der Waals surface area contributed by atoms with Gasteiger partial charge in [-0.2, -0.15) is 0 Å². The Hall–Kier alpha value is -3.16. The number of nitrogens with one attached hydrogen (secondary N) is 1. The van der Waals surface area contributed by atoms with E-state index >= 15 is 0 Å². The number of fused-ring (bicyclic) bond motifs is 1. The molecule has 0 saturated heterocycles. The summed E-state index contributed by atoms with van der Waals surface area (Å²) >= 11 is 0. The lowest BCUT2D eigenvalue weighted by Crippen LogP contribution is -2.26. The smallest absolute Gasteiger partial charge is 0.242 e. The molecule has 1 aliphatic rings. The van der Waals surface area contributed by atoms with Crippen molar-refractivity contribution in [1.82, 2.24) is 19.7 Å². The zero-order valence-electron chi connectivity index (χ0n) is 18.3. The molecule has 0 radical (unpaired) electrons. The van der Waals surface area contributed by atoms with Gasteiger partial charge in [0, 0.05) is 48.5 Å². The van der Waals surface area contributed by atoms with E-state index in [1.807, 2.05) is 36.4 Å². The van der Waals surface area contributed by atoms with Crippen LogP contribution in [0, 0.1) is 5.92 Å². The van der Waals surface area contributed by atoms with Gasteiger partial charge in [-0.3, -0.25) is 15.0 Å². The minimum atomic E-state index is -3.61. The fraction of sp³-hybridized carbons (Fsp3) is 0.269. The summed E-state index contributed by atoms with van der Waals surface area (Å²) in [6, 6.07) is 13.5. The van der Waals surface area contributed by atoms with Gasteiger partial charge >= 0.3 is 0 Å². The molecule has 168 valence electrons. The quantitative estimate of drug-likeness (QED) is 0.411. The molecule has 5 rings (SSSR count). The van der Waals surface area contributed by atoms with E-state index in [9.17, 15) is 8.42 Å². The average molecular weight is 459 g/mol. The lowest BCUT2D eigenvalue weighted by atomic mass is 9.98. The van der Waals surface area contributed by atoms with E-state index in [1.54, 1.807) is 30.9 Å². The molecular weight excluding hydrogens is 432 g/mol. The minimum Gasteiger partial charge on any atom is -0.265 e. The Morgan fingerprint density at radius 1 is 0.848 bits per heavy atom. The lowest BCUT2D eigenvalue weighted by Gasteiger charge is -2.12. The fourth-order valence-electron chi connectivity index (χ4n) is 4.61. The zero-order chi connectivity index (χ0) is 22.7. The molecule has 1 fully saturated rings. The lowest BCUT2D eigenvalue weighted by molar-refractivity contribution is 0.495. The molecule has 6 nitrogen and oxygen atoms in total. The van der Waals surface area contributed by atoms with E-state index in [0.717, 1.165) is 39.6 Å². The molecule has 0 bridgehead atoms. The summed E-state index contributed by atoms with van der Waals surface area (Å²) in [5.41, 5.74) is 4.62. The summed E-state index contributed by atoms with van der Waals surface area (Å²) < 4.78 is 28.5. The summed E-state index contributed by atoms with van der Waals surface area (Å²) in [6.45, 7) is 0.466. The fourth-order valence-corrected chi connectivity index (χ4v) is 5.65. The number of hydrogen-bond donors (Lipinski definition) is 1. The van der Waals surface area contributed by atoms with E-state index in [-0.39, 0.29) is 4.90 Å². The Morgan fingerprint density at radius 2 is 1.67 bits per heavy atom. The van der Waals surface area contributed by atoms with Crippen LogP contribution in [0.1, 0.15) is 32.1 Å². The first kappa shape index (κ1) is 21.7. The van der Waals surface area contributed by atoms with Gasteiger partial charge in [-0.05, 0) is 65.4 Å². The van der Waals surface area contributed by atoms with Crippen LogP contribution in [-0.4, -0.2) is 29.9 Å². The number of rotatable bonds is 7. The molecule has 33 heavy (non-hydrogen) atoms. The minimum absolute atomic E-state index is 0.187. The number of sulfonamides is 1. The van der Waals surface area contributed by atoms with E-state index in [2.05, 4.69) is 19.7 Å². The van der Waals surface area contributed by atoms with Gasteiger partial charge in [0.2, 0.25) is 10.0 Å². The third kappa shape index (κ3) is 4.79. The monoisotopic (exact) mass is 458 g/mol. The summed E-state index contributed by atoms with van der Waals surface area (Å²) in [6.07, 6.45) is 14.3. The topological polar surface area (TPSA) is 84.8 Å². The molecular formula is C26H26N4O2S. The SMILES string of the molecule is O=S(=O)(NCCC1CCCC1)c1cncc(-c2ccc3nccc(-c4ccncc4)c3c2)c1. The Kier molecular flexibility index (Phi) is 6.15. The van der Waals surface area contributed by atoms with Crippen molar-refractivity contribution in [1.29, 1.82) is 0 Å². The van der Waals surface area contributed by atoms with Crippen LogP contribution in [0.2, 0.25) is 0 Å². The summed E-state index contributed by atoms with van der Waals surface area (Å²) in [7, 11) is -3.61. The molecule has 1 saturated carbocycles. The molecule has 1 aromatic carbocycles. The van der Waals surface area contributed by atoms with E-state index in [1.165, 1.54) is 31.9 Å². The van der Waals surface area contributed by atoms with Crippen molar-refractivity contribution in [2.45, 2.75) is 37.0 Å². The highest BCUT2D eigenvalue weighted by Gasteiger charge is 2.19. The van der Waals surface area contributed by atoms with Crippen LogP contribution in [0.5, 0.6) is 0 Å². The molecule has 0 aliphatic heterocycles. The van der Waals surface area contributed by atoms with Crippen molar-refractivity contribution in [3.8, 4) is 22.3 Å². The highest BCUT2D eigenvalue weighted by Crippen LogP contribution is 2.31. The van der Waals surface area contributed by atoms with Crippen LogP contribution in [0.15, 0.2) is 78.3 Å². The maximum atomic E-state index is 12.9. The summed E-state index contributed by atoms with van der Waals surface area (Å²) in [5.74, 6) is 0.637. The van der Waals surface area contributed by atoms with Gasteiger partial charge in [-0.15, -0.1) is 0 Å². The van der Waals surface area contributed by atoms with Gasteiger partial charge in [0.1, 0.15) is 4.90 Å². The zero-order valence-corrected chi connectivity index (χ0v) is 19.1. The van der Waals surface area contributed by atoms with Crippen LogP contribution in [-0.2, 0) is 10.0 Å². The Balaban J connectivity index is 1.44. The molecule has 0 atom stereocenters. The predicted octanol–water partition coefficient (Wildman–Crippen LogP) is 5.22. The number of pyridine rings is 3. The van der Waals surface area contributed by atoms with Crippen molar-refractivity contribution in [3.05, 3.63) is 73.4 Å². The molecule has 0 amide bonds. The highest BCUT2D eigenvalue weighted by molar-refractivity contribution is 7.89.